The Labute approximate surface area is 882 Å². The van der Waals surface area contributed by atoms with Crippen LogP contribution >= 0.6 is 0 Å². The van der Waals surface area contributed by atoms with Crippen molar-refractivity contribution in [1.82, 2.24) is 72.3 Å². The summed E-state index contributed by atoms with van der Waals surface area (Å²) in [5.41, 5.74) is 21.4. The van der Waals surface area contributed by atoms with Crippen molar-refractivity contribution in [1.29, 1.82) is 0 Å². The molecule has 0 saturated heterocycles. The van der Waals surface area contributed by atoms with E-state index in [9.17, 15) is 0 Å². The molecule has 0 spiro atoms. The highest BCUT2D eigenvalue weighted by molar-refractivity contribution is 6.32. The molecule has 702 valence electrons. The summed E-state index contributed by atoms with van der Waals surface area (Å²) in [6.07, 6.45) is 0. The van der Waals surface area contributed by atoms with Crippen molar-refractivity contribution in [2.45, 2.75) is 0 Å². The minimum atomic E-state index is -0.428. The lowest BCUT2D eigenvalue weighted by Crippen LogP contribution is -2.06. The fourth-order valence-electron chi connectivity index (χ4n) is 21.4. The first-order valence-corrected chi connectivity index (χ1v) is 49.2. The van der Waals surface area contributed by atoms with Crippen LogP contribution in [-0.4, -0.2) is 72.3 Å². The number of rotatable bonds is 15. The Hall–Kier alpha value is -20.6. The van der Waals surface area contributed by atoms with E-state index >= 15 is 0 Å². The molecule has 0 aliphatic rings. The monoisotopic (exact) mass is 1930 g/mol. The highest BCUT2D eigenvalue weighted by Gasteiger charge is 2.29. The predicted molar refractivity (Wildman–Crippen MR) is 614 cm³/mol. The molecule has 0 aliphatic heterocycles. The van der Waals surface area contributed by atoms with Crippen LogP contribution in [0.4, 0.5) is 0 Å². The second-order valence-corrected chi connectivity index (χ2v) is 36.3. The number of hydrogen-bond acceptors (Lipinski definition) is 9. The SMILES string of the molecule is [2H]c1c([2H])c([2H])c(-n2c3ccccc3c3c4c5ccccc5n(-c5nc(-c6ccccc6)nc(-c6ccc(-c7ccccc7)cc6)n5)c4ccc32)c([2H])c1[2H].[2H]c1c([2H])c([2H])c(-n2c3ccccc3c3c4c5ccccc5n(-c5nc(-c6ccccc6)nc(-c6cccc(-c7ccccc7)c6)n5)c4ccc32)c([2H])c1[2H].[2H]c1c([2H])c([2H])c(-n2c3ccccc3c3c4c5ccccc5n(-c5nc(-c6ccccc6)nc(-c6ccccc6-c6ccccc6)n5)c4ccc32)c([2H])c1[2H]. The van der Waals surface area contributed by atoms with Crippen LogP contribution in [0.1, 0.15) is 20.6 Å². The molecule has 0 amide bonds. The van der Waals surface area contributed by atoms with Gasteiger partial charge in [0.15, 0.2) is 34.9 Å². The van der Waals surface area contributed by atoms with Crippen molar-refractivity contribution < 1.29 is 20.6 Å². The lowest BCUT2D eigenvalue weighted by molar-refractivity contribution is 0.953. The third-order valence-corrected chi connectivity index (χ3v) is 27.8. The lowest BCUT2D eigenvalue weighted by atomic mass is 9.99. The number of fused-ring (bicyclic) bond motifs is 21. The molecule has 0 unspecified atom stereocenters. The predicted octanol–water partition coefficient (Wildman–Crippen LogP) is 33.2. The largest absolute Gasteiger partial charge is 0.309 e. The topological polar surface area (TPSA) is 146 Å². The average molecular weight is 1930 g/mol. The van der Waals surface area contributed by atoms with Crippen molar-refractivity contribution in [3.63, 3.8) is 0 Å². The molecule has 0 bridgehead atoms. The quantitative estimate of drug-likeness (QED) is 0.0979. The molecular formula is C135H87N15. The number of aromatic nitrogens is 15. The Morgan fingerprint density at radius 1 is 0.140 bits per heavy atom. The highest BCUT2D eigenvalue weighted by atomic mass is 15.2. The Morgan fingerprint density at radius 2 is 0.353 bits per heavy atom. The maximum atomic E-state index is 8.90. The molecule has 15 heteroatoms. The molecule has 30 aromatic rings. The van der Waals surface area contributed by atoms with E-state index in [1.165, 1.54) is 0 Å². The first kappa shape index (κ1) is 72.7. The van der Waals surface area contributed by atoms with Crippen LogP contribution in [0.3, 0.4) is 0 Å². The molecule has 0 fully saturated rings. The van der Waals surface area contributed by atoms with Crippen LogP contribution in [0.5, 0.6) is 0 Å². The molecule has 9 heterocycles. The Balaban J connectivity index is 0.000000116. The Bertz CT molecular complexity index is 11400. The fraction of sp³-hybridized carbons (Fsp3) is 0. The van der Waals surface area contributed by atoms with Crippen molar-refractivity contribution in [3.05, 3.63) is 527 Å². The van der Waals surface area contributed by atoms with Gasteiger partial charge in [0.25, 0.3) is 0 Å². The van der Waals surface area contributed by atoms with Gasteiger partial charge in [0, 0.05) is 115 Å². The summed E-state index contributed by atoms with van der Waals surface area (Å²) >= 11 is 0. The lowest BCUT2D eigenvalue weighted by Gasteiger charge is -2.13. The van der Waals surface area contributed by atoms with Gasteiger partial charge in [-0.3, -0.25) is 13.7 Å². The van der Waals surface area contributed by atoms with Crippen molar-refractivity contribution in [2.24, 2.45) is 0 Å². The van der Waals surface area contributed by atoms with Gasteiger partial charge in [-0.1, -0.05) is 412 Å². The van der Waals surface area contributed by atoms with E-state index in [2.05, 4.69) is 117 Å². The van der Waals surface area contributed by atoms with Crippen LogP contribution in [0.25, 0.3) is 267 Å². The summed E-state index contributed by atoms with van der Waals surface area (Å²) in [6.45, 7) is 0. The average Bonchev–Trinajstić information content (AvgIpc) is 1.54. The van der Waals surface area contributed by atoms with E-state index in [1.54, 1.807) is 13.7 Å². The van der Waals surface area contributed by atoms with Crippen LogP contribution in [0, 0.1) is 0 Å². The van der Waals surface area contributed by atoms with Crippen molar-refractivity contribution >= 4 is 131 Å². The van der Waals surface area contributed by atoms with E-state index in [0.717, 1.165) is 187 Å². The van der Waals surface area contributed by atoms with Gasteiger partial charge in [0.2, 0.25) is 17.8 Å². The normalized spacial score (nSPS) is 13.0. The summed E-state index contributed by atoms with van der Waals surface area (Å²) in [6, 6.07) is 139. The zero-order valence-corrected chi connectivity index (χ0v) is 79.8. The molecule has 9 aromatic heterocycles. The van der Waals surface area contributed by atoms with Crippen LogP contribution in [-0.2, 0) is 0 Å². The summed E-state index contributed by atoms with van der Waals surface area (Å²) in [4.78, 5) is 46.0. The van der Waals surface area contributed by atoms with Gasteiger partial charge in [0.05, 0.1) is 86.8 Å². The van der Waals surface area contributed by atoms with Gasteiger partial charge in [-0.2, -0.15) is 29.9 Å². The summed E-state index contributed by atoms with van der Waals surface area (Å²) in [7, 11) is 0. The molecule has 0 N–H and O–H groups in total. The second kappa shape index (κ2) is 37.0. The molecule has 0 atom stereocenters. The Morgan fingerprint density at radius 3 is 0.680 bits per heavy atom. The zero-order valence-electron chi connectivity index (χ0n) is 94.8. The van der Waals surface area contributed by atoms with E-state index < -0.39 is 18.1 Å². The molecule has 0 aliphatic carbocycles. The van der Waals surface area contributed by atoms with Gasteiger partial charge in [-0.05, 0) is 148 Å². The smallest absolute Gasteiger partial charge is 0.238 e. The fourth-order valence-corrected chi connectivity index (χ4v) is 21.4. The summed E-state index contributed by atoms with van der Waals surface area (Å²) in [5, 5.41) is 11.0. The standard InChI is InChI=1S/3C45H29N5/c1-4-15-30(16-5-1)32-19-14-20-33(29-32)44-46-43(31-17-6-2-7-18-31)47-45(48-44)50-38-26-13-11-24-36(38)42-40(50)28-27-39-41(42)35-23-10-12-25-37(35)49(39)34-21-8-3-9-22-34;1-4-14-30(15-5-1)31-24-26-33(27-25-31)44-46-43(32-16-6-2-7-17-32)47-45(48-44)50-38-23-13-11-21-36(38)42-40(50)29-28-39-41(42)35-20-10-12-22-37(35)49(39)34-18-8-3-9-19-34;1-4-16-30(17-5-1)33-22-10-11-23-34(33)44-46-43(31-18-6-2-7-19-31)47-45(48-44)50-38-27-15-13-25-36(38)42-40(50)29-28-39-41(42)35-24-12-14-26-37(35)49(39)32-20-8-3-9-21-32/h3*1-29H/i3D,8D,9D,21D,22D;3D,8D,9D,18D,19D;3D,8D,9D,20D,21D. The van der Waals surface area contributed by atoms with Gasteiger partial charge in [-0.15, -0.1) is 0 Å². The summed E-state index contributed by atoms with van der Waals surface area (Å²) in [5.74, 6) is 4.57. The molecular weight excluding hydrogens is 1830 g/mol. The van der Waals surface area contributed by atoms with E-state index in [0.29, 0.717) is 63.8 Å². The first-order chi connectivity index (χ1) is 80.7. The number of hydrogen-bond donors (Lipinski definition) is 0. The number of para-hydroxylation sites is 9. The highest BCUT2D eigenvalue weighted by Crippen LogP contribution is 2.48. The molecule has 21 aromatic carbocycles. The maximum absolute atomic E-state index is 8.90. The third kappa shape index (κ3) is 15.1. The Kier molecular flexibility index (Phi) is 17.9. The maximum Gasteiger partial charge on any atom is 0.238 e. The molecule has 30 rings (SSSR count). The van der Waals surface area contributed by atoms with Gasteiger partial charge in [-0.25, -0.2) is 15.0 Å². The van der Waals surface area contributed by atoms with E-state index in [4.69, 9.17) is 65.4 Å². The minimum absolute atomic E-state index is 0.104. The van der Waals surface area contributed by atoms with Crippen molar-refractivity contribution in [2.75, 3.05) is 0 Å². The van der Waals surface area contributed by atoms with Gasteiger partial charge >= 0.3 is 0 Å². The molecule has 15 nitrogen and oxygen atoms in total. The minimum Gasteiger partial charge on any atom is -0.309 e. The third-order valence-electron chi connectivity index (χ3n) is 27.8. The van der Waals surface area contributed by atoms with Gasteiger partial charge < -0.3 is 13.7 Å². The second-order valence-electron chi connectivity index (χ2n) is 36.3. The summed E-state index contributed by atoms with van der Waals surface area (Å²) < 4.78 is 140. The molecule has 0 radical (unpaired) electrons. The van der Waals surface area contributed by atoms with Crippen LogP contribution in [0.2, 0.25) is 0 Å². The van der Waals surface area contributed by atoms with Crippen LogP contribution < -0.4 is 0 Å². The molecule has 0 saturated carbocycles. The van der Waals surface area contributed by atoms with Crippen molar-refractivity contribution in [3.8, 4) is 137 Å². The van der Waals surface area contributed by atoms with E-state index in [1.807, 2.05) is 334 Å². The van der Waals surface area contributed by atoms with Crippen LogP contribution in [0.15, 0.2) is 527 Å². The first-order valence-electron chi connectivity index (χ1n) is 56.7. The number of benzene rings is 21. The molecule has 150 heavy (non-hydrogen) atoms. The van der Waals surface area contributed by atoms with E-state index in [-0.39, 0.29) is 89.6 Å². The number of nitrogens with zero attached hydrogens (tertiary/aromatic N) is 15. The zero-order chi connectivity index (χ0) is 112. The van der Waals surface area contributed by atoms with Gasteiger partial charge in [0.1, 0.15) is 0 Å².